The molecule has 3 aliphatic rings. The molecule has 0 spiro atoms. The maximum Gasteiger partial charge on any atom is 0.152 e. The van der Waals surface area contributed by atoms with Crippen molar-refractivity contribution in [2.24, 2.45) is 11.8 Å². The van der Waals surface area contributed by atoms with Gasteiger partial charge in [0.15, 0.2) is 9.84 Å². The maximum atomic E-state index is 11.3. The fraction of sp³-hybridized carbons (Fsp3) is 1.00. The summed E-state index contributed by atoms with van der Waals surface area (Å²) in [4.78, 5) is 2.45. The third-order valence-corrected chi connectivity index (χ3v) is 6.16. The van der Waals surface area contributed by atoms with Crippen molar-refractivity contribution in [2.45, 2.75) is 31.7 Å². The standard InChI is InChI=1S/C11H19NO2S/c13-15(14)5-3-12(4-6-15)11-8-9-1-2-10(11)7-9/h9-11H,1-8H2. The quantitative estimate of drug-likeness (QED) is 0.670. The van der Waals surface area contributed by atoms with Gasteiger partial charge in [-0.15, -0.1) is 0 Å². The Morgan fingerprint density at radius 3 is 2.27 bits per heavy atom. The fourth-order valence-corrected chi connectivity index (χ4v) is 4.95. The van der Waals surface area contributed by atoms with Crippen LogP contribution < -0.4 is 0 Å². The lowest BCUT2D eigenvalue weighted by molar-refractivity contribution is 0.154. The molecule has 2 saturated carbocycles. The highest BCUT2D eigenvalue weighted by molar-refractivity contribution is 7.91. The van der Waals surface area contributed by atoms with E-state index in [-0.39, 0.29) is 0 Å². The summed E-state index contributed by atoms with van der Waals surface area (Å²) in [7, 11) is -2.70. The molecule has 0 radical (unpaired) electrons. The van der Waals surface area contributed by atoms with E-state index in [1.165, 1.54) is 25.7 Å². The zero-order valence-electron chi connectivity index (χ0n) is 9.06. The molecule has 0 aromatic carbocycles. The van der Waals surface area contributed by atoms with Gasteiger partial charge in [-0.25, -0.2) is 8.42 Å². The molecule has 3 nitrogen and oxygen atoms in total. The summed E-state index contributed by atoms with van der Waals surface area (Å²) >= 11 is 0. The first-order valence-corrected chi connectivity index (χ1v) is 7.91. The Kier molecular flexibility index (Phi) is 2.32. The van der Waals surface area contributed by atoms with Crippen LogP contribution in [0.4, 0.5) is 0 Å². The van der Waals surface area contributed by atoms with Crippen molar-refractivity contribution in [1.82, 2.24) is 4.90 Å². The maximum absolute atomic E-state index is 11.3. The van der Waals surface area contributed by atoms with Gasteiger partial charge in [-0.3, -0.25) is 4.90 Å². The normalized spacial score (nSPS) is 44.7. The lowest BCUT2D eigenvalue weighted by atomic mass is 9.94. The average molecular weight is 229 g/mol. The highest BCUT2D eigenvalue weighted by Gasteiger charge is 2.43. The molecule has 3 rings (SSSR count). The third kappa shape index (κ3) is 1.82. The van der Waals surface area contributed by atoms with Gasteiger partial charge in [-0.2, -0.15) is 0 Å². The monoisotopic (exact) mass is 229 g/mol. The topological polar surface area (TPSA) is 37.4 Å². The second-order valence-electron chi connectivity index (χ2n) is 5.43. The Morgan fingerprint density at radius 2 is 1.73 bits per heavy atom. The Balaban J connectivity index is 1.65. The second-order valence-corrected chi connectivity index (χ2v) is 7.73. The molecular formula is C11H19NO2S. The summed E-state index contributed by atoms with van der Waals surface area (Å²) in [5, 5.41) is 0. The van der Waals surface area contributed by atoms with E-state index in [1.54, 1.807) is 0 Å². The predicted molar refractivity (Wildman–Crippen MR) is 59.5 cm³/mol. The number of rotatable bonds is 1. The van der Waals surface area contributed by atoms with Gasteiger partial charge >= 0.3 is 0 Å². The van der Waals surface area contributed by atoms with Gasteiger partial charge in [0.05, 0.1) is 11.5 Å². The average Bonchev–Trinajstić information content (AvgIpc) is 2.78. The molecule has 0 amide bonds. The van der Waals surface area contributed by atoms with Crippen LogP contribution in [0.3, 0.4) is 0 Å². The zero-order valence-corrected chi connectivity index (χ0v) is 9.88. The largest absolute Gasteiger partial charge is 0.298 e. The molecule has 3 unspecified atom stereocenters. The van der Waals surface area contributed by atoms with Gasteiger partial charge in [0, 0.05) is 19.1 Å². The van der Waals surface area contributed by atoms with Gasteiger partial charge in [0.25, 0.3) is 0 Å². The van der Waals surface area contributed by atoms with Crippen molar-refractivity contribution >= 4 is 9.84 Å². The van der Waals surface area contributed by atoms with Crippen LogP contribution in [0.25, 0.3) is 0 Å². The Labute approximate surface area is 91.8 Å². The lowest BCUT2D eigenvalue weighted by Gasteiger charge is -2.36. The van der Waals surface area contributed by atoms with Crippen LogP contribution in [0.1, 0.15) is 25.7 Å². The zero-order chi connectivity index (χ0) is 10.5. The van der Waals surface area contributed by atoms with Gasteiger partial charge in [0.1, 0.15) is 0 Å². The van der Waals surface area contributed by atoms with Crippen LogP contribution in [-0.2, 0) is 9.84 Å². The van der Waals surface area contributed by atoms with Crippen LogP contribution in [0, 0.1) is 11.8 Å². The van der Waals surface area contributed by atoms with Crippen LogP contribution in [0.5, 0.6) is 0 Å². The Morgan fingerprint density at radius 1 is 1.00 bits per heavy atom. The minimum Gasteiger partial charge on any atom is -0.298 e. The summed E-state index contributed by atoms with van der Waals surface area (Å²) < 4.78 is 22.7. The van der Waals surface area contributed by atoms with E-state index in [1.807, 2.05) is 0 Å². The van der Waals surface area contributed by atoms with Gasteiger partial charge < -0.3 is 0 Å². The molecule has 1 saturated heterocycles. The van der Waals surface area contributed by atoms with Crippen molar-refractivity contribution < 1.29 is 8.42 Å². The number of sulfone groups is 1. The van der Waals surface area contributed by atoms with E-state index < -0.39 is 9.84 Å². The predicted octanol–water partition coefficient (Wildman–Crippen LogP) is 0.905. The fourth-order valence-electron chi connectivity index (χ4n) is 3.72. The van der Waals surface area contributed by atoms with E-state index in [4.69, 9.17) is 0 Å². The van der Waals surface area contributed by atoms with Crippen LogP contribution in [0.15, 0.2) is 0 Å². The van der Waals surface area contributed by atoms with Crippen molar-refractivity contribution in [3.63, 3.8) is 0 Å². The minimum absolute atomic E-state index is 0.390. The first kappa shape index (κ1) is 10.1. The van der Waals surface area contributed by atoms with Crippen LogP contribution >= 0.6 is 0 Å². The molecule has 3 atom stereocenters. The highest BCUT2D eigenvalue weighted by atomic mass is 32.2. The Bertz CT molecular complexity index is 338. The summed E-state index contributed by atoms with van der Waals surface area (Å²) in [6.45, 7) is 1.58. The smallest absolute Gasteiger partial charge is 0.152 e. The molecule has 1 aliphatic heterocycles. The molecule has 15 heavy (non-hydrogen) atoms. The lowest BCUT2D eigenvalue weighted by Crippen LogP contribution is -2.47. The summed E-state index contributed by atoms with van der Waals surface area (Å²) in [5.41, 5.74) is 0. The SMILES string of the molecule is O=S1(=O)CCN(C2CC3CCC2C3)CC1. The first-order chi connectivity index (χ1) is 7.14. The number of hydrogen-bond donors (Lipinski definition) is 0. The molecule has 2 aliphatic carbocycles. The Hall–Kier alpha value is -0.0900. The first-order valence-electron chi connectivity index (χ1n) is 6.08. The molecule has 4 heteroatoms. The van der Waals surface area contributed by atoms with Gasteiger partial charge in [-0.1, -0.05) is 6.42 Å². The number of nitrogens with zero attached hydrogens (tertiary/aromatic N) is 1. The van der Waals surface area contributed by atoms with E-state index in [0.717, 1.165) is 31.0 Å². The van der Waals surface area contributed by atoms with Crippen LogP contribution in [0.2, 0.25) is 0 Å². The highest BCUT2D eigenvalue weighted by Crippen LogP contribution is 2.46. The van der Waals surface area contributed by atoms with Crippen LogP contribution in [-0.4, -0.2) is 44.0 Å². The van der Waals surface area contributed by atoms with Crippen molar-refractivity contribution in [2.75, 3.05) is 24.6 Å². The molecule has 0 aromatic heterocycles. The van der Waals surface area contributed by atoms with Crippen molar-refractivity contribution in [3.8, 4) is 0 Å². The number of fused-ring (bicyclic) bond motifs is 2. The minimum atomic E-state index is -2.70. The summed E-state index contributed by atoms with van der Waals surface area (Å²) in [6.07, 6.45) is 5.56. The molecule has 2 bridgehead atoms. The molecule has 3 fully saturated rings. The molecular weight excluding hydrogens is 210 g/mol. The molecule has 0 aromatic rings. The van der Waals surface area contributed by atoms with Crippen molar-refractivity contribution in [1.29, 1.82) is 0 Å². The summed E-state index contributed by atoms with van der Waals surface area (Å²) in [5.74, 6) is 2.62. The molecule has 86 valence electrons. The van der Waals surface area contributed by atoms with Gasteiger partial charge in [0.2, 0.25) is 0 Å². The van der Waals surface area contributed by atoms with E-state index >= 15 is 0 Å². The van der Waals surface area contributed by atoms with Gasteiger partial charge in [-0.05, 0) is 31.1 Å². The third-order valence-electron chi connectivity index (χ3n) is 4.55. The van der Waals surface area contributed by atoms with E-state index in [2.05, 4.69) is 4.90 Å². The van der Waals surface area contributed by atoms with E-state index in [9.17, 15) is 8.42 Å². The number of hydrogen-bond acceptors (Lipinski definition) is 3. The summed E-state index contributed by atoms with van der Waals surface area (Å²) in [6, 6.07) is 0.722. The second kappa shape index (κ2) is 3.45. The molecule has 0 N–H and O–H groups in total. The van der Waals surface area contributed by atoms with Crippen molar-refractivity contribution in [3.05, 3.63) is 0 Å². The molecule has 1 heterocycles. The van der Waals surface area contributed by atoms with E-state index in [0.29, 0.717) is 11.5 Å².